The van der Waals surface area contributed by atoms with Crippen molar-refractivity contribution in [3.05, 3.63) is 23.3 Å². The molecule has 1 N–H and O–H groups in total. The van der Waals surface area contributed by atoms with Crippen LogP contribution in [0.1, 0.15) is 18.1 Å². The number of ether oxygens (including phenoxy) is 2. The minimum absolute atomic E-state index is 0.118. The molecule has 1 rings (SSSR count). The molecule has 0 aliphatic rings. The number of rotatable bonds is 5. The second-order valence-electron chi connectivity index (χ2n) is 3.32. The summed E-state index contributed by atoms with van der Waals surface area (Å²) in [5.41, 5.74) is 2.19. The topological polar surface area (TPSA) is 38.7 Å². The van der Waals surface area contributed by atoms with Gasteiger partial charge in [-0.3, -0.25) is 0 Å². The van der Waals surface area contributed by atoms with Crippen LogP contribution < -0.4 is 9.47 Å². The zero-order valence-electron chi connectivity index (χ0n) is 9.54. The Morgan fingerprint density at radius 2 is 1.93 bits per heavy atom. The monoisotopic (exact) mass is 210 g/mol. The van der Waals surface area contributed by atoms with Crippen LogP contribution in [0.3, 0.4) is 0 Å². The van der Waals surface area contributed by atoms with Crippen molar-refractivity contribution in [3.63, 3.8) is 0 Å². The normalized spacial score (nSPS) is 10.1. The van der Waals surface area contributed by atoms with Gasteiger partial charge in [0.05, 0.1) is 14.2 Å². The predicted molar refractivity (Wildman–Crippen MR) is 59.7 cm³/mol. The predicted octanol–water partition coefficient (Wildman–Crippen LogP) is 1.80. The molecule has 0 saturated carbocycles. The van der Waals surface area contributed by atoms with E-state index in [9.17, 15) is 0 Å². The first-order chi connectivity index (χ1) is 7.26. The Hall–Kier alpha value is -1.22. The Bertz CT molecular complexity index is 321. The SMILES string of the molecule is CCc1cc(CCO)c(OC)c(OC)c1. The van der Waals surface area contributed by atoms with Gasteiger partial charge in [-0.1, -0.05) is 13.0 Å². The maximum absolute atomic E-state index is 8.97. The largest absolute Gasteiger partial charge is 0.493 e. The van der Waals surface area contributed by atoms with Crippen molar-refractivity contribution >= 4 is 0 Å². The van der Waals surface area contributed by atoms with Crippen LogP contribution in [-0.4, -0.2) is 25.9 Å². The number of hydrogen-bond donors (Lipinski definition) is 1. The summed E-state index contributed by atoms with van der Waals surface area (Å²) in [6.45, 7) is 2.21. The first kappa shape index (κ1) is 11.9. The van der Waals surface area contributed by atoms with Crippen molar-refractivity contribution in [2.24, 2.45) is 0 Å². The molecule has 0 spiro atoms. The molecule has 0 aliphatic heterocycles. The van der Waals surface area contributed by atoms with Crippen molar-refractivity contribution < 1.29 is 14.6 Å². The molecule has 0 radical (unpaired) electrons. The van der Waals surface area contributed by atoms with E-state index in [4.69, 9.17) is 14.6 Å². The fourth-order valence-corrected chi connectivity index (χ4v) is 1.62. The molecule has 0 amide bonds. The lowest BCUT2D eigenvalue weighted by Gasteiger charge is -2.14. The number of aryl methyl sites for hydroxylation is 1. The highest BCUT2D eigenvalue weighted by molar-refractivity contribution is 5.49. The van der Waals surface area contributed by atoms with Crippen molar-refractivity contribution in [2.45, 2.75) is 19.8 Å². The van der Waals surface area contributed by atoms with Crippen LogP contribution >= 0.6 is 0 Å². The van der Waals surface area contributed by atoms with Gasteiger partial charge in [0.2, 0.25) is 0 Å². The minimum Gasteiger partial charge on any atom is -0.493 e. The van der Waals surface area contributed by atoms with Gasteiger partial charge in [-0.05, 0) is 24.5 Å². The van der Waals surface area contributed by atoms with Gasteiger partial charge in [-0.25, -0.2) is 0 Å². The Morgan fingerprint density at radius 1 is 1.20 bits per heavy atom. The molecule has 1 aromatic rings. The molecule has 15 heavy (non-hydrogen) atoms. The van der Waals surface area contributed by atoms with E-state index in [1.807, 2.05) is 6.07 Å². The maximum Gasteiger partial charge on any atom is 0.163 e. The number of aliphatic hydroxyl groups excluding tert-OH is 1. The molecule has 3 heteroatoms. The fourth-order valence-electron chi connectivity index (χ4n) is 1.62. The van der Waals surface area contributed by atoms with E-state index < -0.39 is 0 Å². The molecule has 1 aromatic carbocycles. The quantitative estimate of drug-likeness (QED) is 0.805. The van der Waals surface area contributed by atoms with Gasteiger partial charge >= 0.3 is 0 Å². The van der Waals surface area contributed by atoms with Crippen LogP contribution in [0.2, 0.25) is 0 Å². The molecule has 0 bridgehead atoms. The van der Waals surface area contributed by atoms with Crippen molar-refractivity contribution in [3.8, 4) is 11.5 Å². The van der Waals surface area contributed by atoms with Gasteiger partial charge in [-0.2, -0.15) is 0 Å². The van der Waals surface area contributed by atoms with E-state index in [-0.39, 0.29) is 6.61 Å². The van der Waals surface area contributed by atoms with Crippen LogP contribution in [0.4, 0.5) is 0 Å². The Morgan fingerprint density at radius 3 is 2.40 bits per heavy atom. The van der Waals surface area contributed by atoms with E-state index in [1.54, 1.807) is 14.2 Å². The summed E-state index contributed by atoms with van der Waals surface area (Å²) < 4.78 is 10.5. The van der Waals surface area contributed by atoms with E-state index in [2.05, 4.69) is 13.0 Å². The number of benzene rings is 1. The van der Waals surface area contributed by atoms with E-state index in [0.29, 0.717) is 6.42 Å². The highest BCUT2D eigenvalue weighted by atomic mass is 16.5. The van der Waals surface area contributed by atoms with Gasteiger partial charge in [0.15, 0.2) is 11.5 Å². The highest BCUT2D eigenvalue weighted by Gasteiger charge is 2.11. The summed E-state index contributed by atoms with van der Waals surface area (Å²) in [6, 6.07) is 4.03. The van der Waals surface area contributed by atoms with Crippen molar-refractivity contribution in [2.75, 3.05) is 20.8 Å². The van der Waals surface area contributed by atoms with Gasteiger partial charge in [0.1, 0.15) is 0 Å². The fraction of sp³-hybridized carbons (Fsp3) is 0.500. The molecule has 0 unspecified atom stereocenters. The van der Waals surface area contributed by atoms with E-state index in [0.717, 1.165) is 23.5 Å². The molecule has 0 fully saturated rings. The minimum atomic E-state index is 0.118. The standard InChI is InChI=1S/C12H18O3/c1-4-9-7-10(5-6-13)12(15-3)11(8-9)14-2/h7-8,13H,4-6H2,1-3H3. The third kappa shape index (κ3) is 2.63. The smallest absolute Gasteiger partial charge is 0.163 e. The Kier molecular flexibility index (Phi) is 4.43. The molecule has 0 atom stereocenters. The van der Waals surface area contributed by atoms with E-state index >= 15 is 0 Å². The molecular formula is C12H18O3. The van der Waals surface area contributed by atoms with Crippen LogP contribution in [0, 0.1) is 0 Å². The van der Waals surface area contributed by atoms with E-state index in [1.165, 1.54) is 5.56 Å². The van der Waals surface area contributed by atoms with Crippen molar-refractivity contribution in [1.82, 2.24) is 0 Å². The van der Waals surface area contributed by atoms with Gasteiger partial charge < -0.3 is 14.6 Å². The molecule has 0 aliphatic carbocycles. The summed E-state index contributed by atoms with van der Waals surface area (Å²) in [5.74, 6) is 1.46. The highest BCUT2D eigenvalue weighted by Crippen LogP contribution is 2.33. The second kappa shape index (κ2) is 5.61. The summed E-state index contributed by atoms with van der Waals surface area (Å²) >= 11 is 0. The molecule has 0 aromatic heterocycles. The summed E-state index contributed by atoms with van der Waals surface area (Å²) in [5, 5.41) is 8.97. The average Bonchev–Trinajstić information content (AvgIpc) is 2.28. The zero-order valence-corrected chi connectivity index (χ0v) is 9.54. The lowest BCUT2D eigenvalue weighted by Crippen LogP contribution is -2.00. The summed E-state index contributed by atoms with van der Waals surface area (Å²) in [4.78, 5) is 0. The van der Waals surface area contributed by atoms with Crippen LogP contribution in [0.15, 0.2) is 12.1 Å². The molecular weight excluding hydrogens is 192 g/mol. The summed E-state index contributed by atoms with van der Waals surface area (Å²) in [6.07, 6.45) is 1.53. The van der Waals surface area contributed by atoms with Gasteiger partial charge in [-0.15, -0.1) is 0 Å². The molecule has 0 heterocycles. The maximum atomic E-state index is 8.97. The average molecular weight is 210 g/mol. The van der Waals surface area contributed by atoms with Gasteiger partial charge in [0, 0.05) is 12.2 Å². The number of aliphatic hydroxyl groups is 1. The molecule has 3 nitrogen and oxygen atoms in total. The van der Waals surface area contributed by atoms with Crippen LogP contribution in [0.5, 0.6) is 11.5 Å². The lowest BCUT2D eigenvalue weighted by atomic mass is 10.0. The zero-order chi connectivity index (χ0) is 11.3. The number of methoxy groups -OCH3 is 2. The van der Waals surface area contributed by atoms with Crippen LogP contribution in [0.25, 0.3) is 0 Å². The lowest BCUT2D eigenvalue weighted by molar-refractivity contribution is 0.294. The third-order valence-corrected chi connectivity index (χ3v) is 2.40. The molecule has 84 valence electrons. The first-order valence-corrected chi connectivity index (χ1v) is 5.11. The number of hydrogen-bond acceptors (Lipinski definition) is 3. The Balaban J connectivity index is 3.19. The first-order valence-electron chi connectivity index (χ1n) is 5.11. The Labute approximate surface area is 90.6 Å². The molecule has 0 saturated heterocycles. The van der Waals surface area contributed by atoms with Crippen LogP contribution in [-0.2, 0) is 12.8 Å². The second-order valence-corrected chi connectivity index (χ2v) is 3.32. The summed E-state index contributed by atoms with van der Waals surface area (Å²) in [7, 11) is 3.24. The van der Waals surface area contributed by atoms with Crippen molar-refractivity contribution in [1.29, 1.82) is 0 Å². The third-order valence-electron chi connectivity index (χ3n) is 2.40. The van der Waals surface area contributed by atoms with Gasteiger partial charge in [0.25, 0.3) is 0 Å².